The van der Waals surface area contributed by atoms with Crippen LogP contribution in [0.3, 0.4) is 0 Å². The Morgan fingerprint density at radius 1 is 1.82 bits per heavy atom. The maximum Gasteiger partial charge on any atom is 0.356 e. The summed E-state index contributed by atoms with van der Waals surface area (Å²) in [6.07, 6.45) is 1.52. The van der Waals surface area contributed by atoms with E-state index < -0.39 is 0 Å². The van der Waals surface area contributed by atoms with Gasteiger partial charge < -0.3 is 14.3 Å². The van der Waals surface area contributed by atoms with Gasteiger partial charge >= 0.3 is 5.97 Å². The topological polar surface area (TPSA) is 47.0 Å². The molecule has 5 heteroatoms. The molecular formula is C6H8N2O2S. The summed E-state index contributed by atoms with van der Waals surface area (Å²) in [5.41, 5.74) is 0.428. The lowest BCUT2D eigenvalue weighted by atomic mass is 10.5. The van der Waals surface area contributed by atoms with Gasteiger partial charge in [-0.05, 0) is 12.2 Å². The van der Waals surface area contributed by atoms with E-state index in [9.17, 15) is 4.79 Å². The summed E-state index contributed by atoms with van der Waals surface area (Å²) in [5.74, 6) is -0.389. The van der Waals surface area contributed by atoms with Crippen LogP contribution in [0.2, 0.25) is 0 Å². The first-order chi connectivity index (χ1) is 5.16. The first kappa shape index (κ1) is 8.00. The minimum Gasteiger partial charge on any atom is -0.464 e. The third-order valence-electron chi connectivity index (χ3n) is 1.39. The van der Waals surface area contributed by atoms with Crippen molar-refractivity contribution in [3.8, 4) is 0 Å². The van der Waals surface area contributed by atoms with Crippen molar-refractivity contribution < 1.29 is 9.53 Å². The SMILES string of the molecule is COC(=O)c1c[nH]c(=S)n1C. The number of carbonyl (C=O) groups is 1. The highest BCUT2D eigenvalue weighted by atomic mass is 32.1. The van der Waals surface area contributed by atoms with Crippen LogP contribution in [0.1, 0.15) is 10.5 Å². The number of rotatable bonds is 1. The molecule has 0 bridgehead atoms. The molecule has 0 radical (unpaired) electrons. The van der Waals surface area contributed by atoms with E-state index in [4.69, 9.17) is 12.2 Å². The Hall–Kier alpha value is -1.10. The van der Waals surface area contributed by atoms with Gasteiger partial charge in [-0.3, -0.25) is 0 Å². The number of esters is 1. The second-order valence-electron chi connectivity index (χ2n) is 2.03. The van der Waals surface area contributed by atoms with Gasteiger partial charge in [-0.15, -0.1) is 0 Å². The summed E-state index contributed by atoms with van der Waals surface area (Å²) in [7, 11) is 3.03. The Morgan fingerprint density at radius 3 is 2.82 bits per heavy atom. The molecular weight excluding hydrogens is 164 g/mol. The van der Waals surface area contributed by atoms with Crippen molar-refractivity contribution in [1.29, 1.82) is 0 Å². The second-order valence-corrected chi connectivity index (χ2v) is 2.42. The third kappa shape index (κ3) is 1.32. The number of nitrogens with zero attached hydrogens (tertiary/aromatic N) is 1. The van der Waals surface area contributed by atoms with E-state index >= 15 is 0 Å². The predicted octanol–water partition coefficient (Wildman–Crippen LogP) is 0.869. The van der Waals surface area contributed by atoms with E-state index in [2.05, 4.69) is 9.72 Å². The van der Waals surface area contributed by atoms with Crippen molar-refractivity contribution >= 4 is 18.2 Å². The zero-order valence-electron chi connectivity index (χ0n) is 6.25. The first-order valence-corrected chi connectivity index (χ1v) is 3.40. The van der Waals surface area contributed by atoms with Gasteiger partial charge in [-0.1, -0.05) is 0 Å². The molecule has 4 nitrogen and oxygen atoms in total. The fraction of sp³-hybridized carbons (Fsp3) is 0.333. The van der Waals surface area contributed by atoms with Gasteiger partial charge in [0.1, 0.15) is 5.69 Å². The van der Waals surface area contributed by atoms with E-state index in [1.54, 1.807) is 11.6 Å². The lowest BCUT2D eigenvalue weighted by Gasteiger charge is -1.97. The van der Waals surface area contributed by atoms with Gasteiger partial charge in [0, 0.05) is 13.2 Å². The molecule has 0 atom stereocenters. The normalized spacial score (nSPS) is 9.64. The standard InChI is InChI=1S/C6H8N2O2S/c1-8-4(5(9)10-2)3-7-6(8)11/h3H,1-2H3,(H,7,11). The van der Waals surface area contributed by atoms with Gasteiger partial charge in [-0.2, -0.15) is 0 Å². The molecule has 0 aliphatic carbocycles. The maximum absolute atomic E-state index is 10.9. The van der Waals surface area contributed by atoms with Gasteiger partial charge in [0.15, 0.2) is 4.77 Å². The number of H-pyrrole nitrogens is 1. The van der Waals surface area contributed by atoms with Crippen LogP contribution in [0.15, 0.2) is 6.20 Å². The fourth-order valence-electron chi connectivity index (χ4n) is 0.734. The Morgan fingerprint density at radius 2 is 2.45 bits per heavy atom. The van der Waals surface area contributed by atoms with Crippen molar-refractivity contribution in [3.63, 3.8) is 0 Å². The van der Waals surface area contributed by atoms with Crippen LogP contribution < -0.4 is 0 Å². The number of aromatic amines is 1. The summed E-state index contributed by atoms with van der Waals surface area (Å²) in [6.45, 7) is 0. The fourth-order valence-corrected chi connectivity index (χ4v) is 0.891. The maximum atomic E-state index is 10.9. The average Bonchev–Trinajstić information content (AvgIpc) is 2.32. The largest absolute Gasteiger partial charge is 0.464 e. The number of hydrogen-bond acceptors (Lipinski definition) is 3. The predicted molar refractivity (Wildman–Crippen MR) is 41.9 cm³/mol. The number of carbonyl (C=O) groups excluding carboxylic acids is 1. The molecule has 1 aromatic heterocycles. The van der Waals surface area contributed by atoms with Crippen LogP contribution in [-0.4, -0.2) is 22.6 Å². The monoisotopic (exact) mass is 172 g/mol. The van der Waals surface area contributed by atoms with Crippen molar-refractivity contribution in [2.24, 2.45) is 7.05 Å². The van der Waals surface area contributed by atoms with Crippen molar-refractivity contribution in [2.75, 3.05) is 7.11 Å². The molecule has 0 unspecified atom stereocenters. The molecule has 11 heavy (non-hydrogen) atoms. The third-order valence-corrected chi connectivity index (χ3v) is 1.78. The summed E-state index contributed by atoms with van der Waals surface area (Å²) >= 11 is 4.84. The minimum absolute atomic E-state index is 0.389. The van der Waals surface area contributed by atoms with Gasteiger partial charge in [0.25, 0.3) is 0 Å². The Bertz CT molecular complexity index is 326. The number of nitrogens with one attached hydrogen (secondary N) is 1. The highest BCUT2D eigenvalue weighted by Crippen LogP contribution is 1.99. The number of methoxy groups -OCH3 is 1. The smallest absolute Gasteiger partial charge is 0.356 e. The van der Waals surface area contributed by atoms with Crippen molar-refractivity contribution in [1.82, 2.24) is 9.55 Å². The van der Waals surface area contributed by atoms with Gasteiger partial charge in [0.05, 0.1) is 7.11 Å². The van der Waals surface area contributed by atoms with Crippen LogP contribution in [0.5, 0.6) is 0 Å². The number of ether oxygens (including phenoxy) is 1. The average molecular weight is 172 g/mol. The van der Waals surface area contributed by atoms with Crippen LogP contribution >= 0.6 is 12.2 Å². The van der Waals surface area contributed by atoms with E-state index in [0.717, 1.165) is 0 Å². The summed E-state index contributed by atoms with van der Waals surface area (Å²) in [6, 6.07) is 0. The molecule has 0 fully saturated rings. The molecule has 1 N–H and O–H groups in total. The molecule has 1 rings (SSSR count). The lowest BCUT2D eigenvalue weighted by Crippen LogP contribution is -2.06. The molecule has 60 valence electrons. The van der Waals surface area contributed by atoms with Crippen LogP contribution in [0.4, 0.5) is 0 Å². The summed E-state index contributed by atoms with van der Waals surface area (Å²) in [4.78, 5) is 13.7. The van der Waals surface area contributed by atoms with Crippen LogP contribution in [-0.2, 0) is 11.8 Å². The van der Waals surface area contributed by atoms with E-state index in [1.807, 2.05) is 0 Å². The molecule has 0 aromatic carbocycles. The molecule has 1 heterocycles. The van der Waals surface area contributed by atoms with Crippen LogP contribution in [0.25, 0.3) is 0 Å². The van der Waals surface area contributed by atoms with E-state index in [1.165, 1.54) is 13.3 Å². The number of hydrogen-bond donors (Lipinski definition) is 1. The summed E-state index contributed by atoms with van der Waals surface area (Å²) < 4.78 is 6.57. The highest BCUT2D eigenvalue weighted by molar-refractivity contribution is 7.71. The molecule has 1 aromatic rings. The number of aromatic nitrogens is 2. The minimum atomic E-state index is -0.389. The number of imidazole rings is 1. The Labute approximate surface area is 68.8 Å². The zero-order valence-corrected chi connectivity index (χ0v) is 7.07. The van der Waals surface area contributed by atoms with Gasteiger partial charge in [-0.25, -0.2) is 4.79 Å². The molecule has 0 amide bonds. The van der Waals surface area contributed by atoms with Gasteiger partial charge in [0.2, 0.25) is 0 Å². The molecule has 0 aliphatic heterocycles. The second kappa shape index (κ2) is 2.87. The first-order valence-electron chi connectivity index (χ1n) is 2.99. The Balaban J connectivity index is 3.15. The molecule has 0 spiro atoms. The van der Waals surface area contributed by atoms with E-state index in [0.29, 0.717) is 10.5 Å². The molecule has 0 saturated carbocycles. The van der Waals surface area contributed by atoms with Crippen LogP contribution in [0, 0.1) is 4.77 Å². The summed E-state index contributed by atoms with van der Waals surface area (Å²) in [5, 5.41) is 0. The Kier molecular flexibility index (Phi) is 2.09. The lowest BCUT2D eigenvalue weighted by molar-refractivity contribution is 0.0589. The van der Waals surface area contributed by atoms with E-state index in [-0.39, 0.29) is 5.97 Å². The molecule has 0 saturated heterocycles. The highest BCUT2D eigenvalue weighted by Gasteiger charge is 2.08. The quantitative estimate of drug-likeness (QED) is 0.505. The van der Waals surface area contributed by atoms with Crippen molar-refractivity contribution in [3.05, 3.63) is 16.7 Å². The molecule has 0 aliphatic rings. The van der Waals surface area contributed by atoms with Crippen molar-refractivity contribution in [2.45, 2.75) is 0 Å². The zero-order chi connectivity index (χ0) is 8.43.